The minimum atomic E-state index is -0.227. The first-order valence-electron chi connectivity index (χ1n) is 12.2. The van der Waals surface area contributed by atoms with Crippen molar-refractivity contribution in [2.24, 2.45) is 5.92 Å². The number of imidazole rings is 1. The molecule has 36 heavy (non-hydrogen) atoms. The predicted octanol–water partition coefficient (Wildman–Crippen LogP) is 0.0768. The number of fused-ring (bicyclic) bond motifs is 1. The lowest BCUT2D eigenvalue weighted by molar-refractivity contribution is -0.146. The highest BCUT2D eigenvalue weighted by atomic mass is 16.5. The van der Waals surface area contributed by atoms with E-state index in [0.29, 0.717) is 61.2 Å². The van der Waals surface area contributed by atoms with Crippen LogP contribution in [0.5, 0.6) is 0 Å². The number of carbonyl (C=O) groups is 2. The Balaban J connectivity index is 1.40. The fourth-order valence-electron chi connectivity index (χ4n) is 4.52. The number of nitrogens with zero attached hydrogens (tertiary/aromatic N) is 8. The van der Waals surface area contributed by atoms with Crippen LogP contribution in [0.25, 0.3) is 22.6 Å². The van der Waals surface area contributed by atoms with E-state index >= 15 is 0 Å². The molecule has 0 saturated carbocycles. The van der Waals surface area contributed by atoms with Crippen LogP contribution in [-0.4, -0.2) is 92.6 Å². The number of piperidine rings is 1. The Hall–Kier alpha value is -3.71. The minimum Gasteiger partial charge on any atom is -0.378 e. The van der Waals surface area contributed by atoms with Crippen molar-refractivity contribution in [3.63, 3.8) is 0 Å². The summed E-state index contributed by atoms with van der Waals surface area (Å²) in [5.41, 5.74) is 7.51. The van der Waals surface area contributed by atoms with E-state index in [1.54, 1.807) is 25.8 Å². The maximum Gasteiger partial charge on any atom is 0.232 e. The van der Waals surface area contributed by atoms with Crippen molar-refractivity contribution in [2.75, 3.05) is 57.1 Å². The molecule has 2 amide bonds. The highest BCUT2D eigenvalue weighted by Gasteiger charge is 2.27. The maximum absolute atomic E-state index is 12.9. The summed E-state index contributed by atoms with van der Waals surface area (Å²) in [7, 11) is 1.57. The van der Waals surface area contributed by atoms with Crippen LogP contribution in [0.2, 0.25) is 0 Å². The Morgan fingerprint density at radius 3 is 2.58 bits per heavy atom. The fourth-order valence-corrected chi connectivity index (χ4v) is 4.52. The average Bonchev–Trinajstić information content (AvgIpc) is 3.34. The molecule has 0 radical (unpaired) electrons. The molecule has 190 valence electrons. The zero-order valence-electron chi connectivity index (χ0n) is 20.3. The number of aryl methyl sites for hydroxylation is 1. The molecule has 3 aromatic heterocycles. The molecule has 2 fully saturated rings. The fraction of sp³-hybridized carbons (Fsp3) is 0.522. The van der Waals surface area contributed by atoms with Crippen LogP contribution in [0.15, 0.2) is 18.7 Å². The lowest BCUT2D eigenvalue weighted by Crippen LogP contribution is -2.42. The number of hydrogen-bond acceptors (Lipinski definition) is 11. The van der Waals surface area contributed by atoms with Gasteiger partial charge in [0.15, 0.2) is 22.8 Å². The van der Waals surface area contributed by atoms with Crippen LogP contribution >= 0.6 is 0 Å². The molecule has 0 aliphatic carbocycles. The molecule has 0 spiro atoms. The number of hydrogen-bond donors (Lipinski definition) is 2. The molecule has 13 heteroatoms. The molecule has 13 nitrogen and oxygen atoms in total. The second-order valence-corrected chi connectivity index (χ2v) is 8.98. The Morgan fingerprint density at radius 1 is 1.14 bits per heavy atom. The van der Waals surface area contributed by atoms with Crippen molar-refractivity contribution in [3.05, 3.63) is 18.7 Å². The van der Waals surface area contributed by atoms with Gasteiger partial charge < -0.3 is 25.3 Å². The zero-order chi connectivity index (χ0) is 25.1. The number of nitrogens with one attached hydrogen (secondary N) is 1. The van der Waals surface area contributed by atoms with Crippen LogP contribution in [0.4, 0.5) is 11.8 Å². The smallest absolute Gasteiger partial charge is 0.232 e. The standard InChI is InChI=1S/C23H30N10O3/c1-31(22(35)15-2-5-25-6-3-15)17(34)4-7-33-14-28-18-20(32-8-10-36-11-9-32)29-19(30-21(18)33)16-12-26-23(24)27-13-16/h12-15,25H,2-11H2,1H3,(H2,24,26,27). The first-order chi connectivity index (χ1) is 17.5. The zero-order valence-corrected chi connectivity index (χ0v) is 20.3. The second-order valence-electron chi connectivity index (χ2n) is 8.98. The number of amides is 2. The van der Waals surface area contributed by atoms with E-state index in [1.165, 1.54) is 4.90 Å². The number of imide groups is 1. The van der Waals surface area contributed by atoms with Gasteiger partial charge in [-0.15, -0.1) is 0 Å². The third-order valence-electron chi connectivity index (χ3n) is 6.65. The number of aromatic nitrogens is 6. The maximum atomic E-state index is 12.9. The quantitative estimate of drug-likeness (QED) is 0.478. The summed E-state index contributed by atoms with van der Waals surface area (Å²) < 4.78 is 7.32. The third kappa shape index (κ3) is 4.97. The predicted molar refractivity (Wildman–Crippen MR) is 132 cm³/mol. The van der Waals surface area contributed by atoms with E-state index in [9.17, 15) is 9.59 Å². The van der Waals surface area contributed by atoms with E-state index in [1.807, 2.05) is 4.57 Å². The summed E-state index contributed by atoms with van der Waals surface area (Å²) in [4.78, 5) is 51.2. The van der Waals surface area contributed by atoms with Crippen molar-refractivity contribution in [3.8, 4) is 11.4 Å². The topological polar surface area (TPSA) is 157 Å². The van der Waals surface area contributed by atoms with Gasteiger partial charge in [0.05, 0.1) is 25.1 Å². The number of anilines is 2. The number of morpholine rings is 1. The van der Waals surface area contributed by atoms with Gasteiger partial charge in [-0.1, -0.05) is 0 Å². The molecular formula is C23H30N10O3. The van der Waals surface area contributed by atoms with Gasteiger partial charge in [-0.3, -0.25) is 14.5 Å². The molecule has 0 unspecified atom stereocenters. The number of carbonyl (C=O) groups excluding carboxylic acids is 2. The molecular weight excluding hydrogens is 464 g/mol. The Bertz CT molecular complexity index is 1230. The lowest BCUT2D eigenvalue weighted by atomic mass is 9.96. The molecule has 3 N–H and O–H groups in total. The van der Waals surface area contributed by atoms with Crippen molar-refractivity contribution in [1.29, 1.82) is 0 Å². The van der Waals surface area contributed by atoms with E-state index < -0.39 is 0 Å². The number of nitrogen functional groups attached to an aromatic ring is 1. The number of rotatable bonds is 6. The third-order valence-corrected chi connectivity index (χ3v) is 6.65. The highest BCUT2D eigenvalue weighted by Crippen LogP contribution is 2.27. The van der Waals surface area contributed by atoms with E-state index in [0.717, 1.165) is 25.9 Å². The summed E-state index contributed by atoms with van der Waals surface area (Å²) in [5, 5.41) is 3.24. The van der Waals surface area contributed by atoms with Gasteiger partial charge in [0.2, 0.25) is 17.8 Å². The summed E-state index contributed by atoms with van der Waals surface area (Å²) in [5.74, 6) is 0.853. The summed E-state index contributed by atoms with van der Waals surface area (Å²) in [6.07, 6.45) is 6.48. The van der Waals surface area contributed by atoms with Crippen LogP contribution in [0.3, 0.4) is 0 Å². The summed E-state index contributed by atoms with van der Waals surface area (Å²) in [6.45, 7) is 4.48. The average molecular weight is 495 g/mol. The molecule has 3 aromatic rings. The first kappa shape index (κ1) is 24.0. The number of nitrogens with two attached hydrogens (primary N) is 1. The van der Waals surface area contributed by atoms with Crippen molar-refractivity contribution >= 4 is 34.7 Å². The normalized spacial score (nSPS) is 16.9. The number of ether oxygens (including phenoxy) is 1. The summed E-state index contributed by atoms with van der Waals surface area (Å²) in [6, 6.07) is 0. The van der Waals surface area contributed by atoms with Gasteiger partial charge in [0.25, 0.3) is 0 Å². The molecule has 0 bridgehead atoms. The van der Waals surface area contributed by atoms with Crippen LogP contribution in [0.1, 0.15) is 19.3 Å². The van der Waals surface area contributed by atoms with Crippen LogP contribution < -0.4 is 16.0 Å². The lowest BCUT2D eigenvalue weighted by Gasteiger charge is -2.28. The van der Waals surface area contributed by atoms with Gasteiger partial charge in [0.1, 0.15) is 0 Å². The van der Waals surface area contributed by atoms with Crippen LogP contribution in [0, 0.1) is 5.92 Å². The Kier molecular flexibility index (Phi) is 7.00. The first-order valence-corrected chi connectivity index (χ1v) is 12.2. The molecule has 5 heterocycles. The van der Waals surface area contributed by atoms with E-state index in [4.69, 9.17) is 20.4 Å². The monoisotopic (exact) mass is 494 g/mol. The van der Waals surface area contributed by atoms with Gasteiger partial charge in [-0.05, 0) is 25.9 Å². The SMILES string of the molecule is CN(C(=O)CCn1cnc2c(N3CCOCC3)nc(-c3cnc(N)nc3)nc21)C(=O)C1CCNCC1. The minimum absolute atomic E-state index is 0.109. The summed E-state index contributed by atoms with van der Waals surface area (Å²) >= 11 is 0. The molecule has 5 rings (SSSR count). The molecule has 2 aliphatic rings. The molecule has 0 atom stereocenters. The molecule has 0 aromatic carbocycles. The van der Waals surface area contributed by atoms with Crippen molar-refractivity contribution in [1.82, 2.24) is 39.7 Å². The van der Waals surface area contributed by atoms with Crippen molar-refractivity contribution < 1.29 is 14.3 Å². The van der Waals surface area contributed by atoms with Gasteiger partial charge in [0, 0.05) is 51.4 Å². The van der Waals surface area contributed by atoms with Crippen LogP contribution in [-0.2, 0) is 20.9 Å². The second kappa shape index (κ2) is 10.5. The van der Waals surface area contributed by atoms with Gasteiger partial charge >= 0.3 is 0 Å². The van der Waals surface area contributed by atoms with Gasteiger partial charge in [-0.25, -0.2) is 24.9 Å². The Morgan fingerprint density at radius 2 is 1.86 bits per heavy atom. The highest BCUT2D eigenvalue weighted by molar-refractivity contribution is 5.96. The molecule has 2 aliphatic heterocycles. The molecule has 2 saturated heterocycles. The Labute approximate surface area is 208 Å². The largest absolute Gasteiger partial charge is 0.378 e. The van der Waals surface area contributed by atoms with E-state index in [-0.39, 0.29) is 30.1 Å². The van der Waals surface area contributed by atoms with E-state index in [2.05, 4.69) is 25.2 Å². The van der Waals surface area contributed by atoms with Gasteiger partial charge in [-0.2, -0.15) is 0 Å². The van der Waals surface area contributed by atoms with Crippen molar-refractivity contribution in [2.45, 2.75) is 25.8 Å².